The molecule has 18 heavy (non-hydrogen) atoms. The highest BCUT2D eigenvalue weighted by molar-refractivity contribution is 5.59. The molecule has 1 fully saturated rings. The zero-order chi connectivity index (χ0) is 13.0. The number of rotatable bonds is 5. The van der Waals surface area contributed by atoms with E-state index < -0.39 is 0 Å². The molecule has 100 valence electrons. The highest BCUT2D eigenvalue weighted by atomic mass is 15.2. The Hall–Kier alpha value is -1.32. The third-order valence-electron chi connectivity index (χ3n) is 3.89. The van der Waals surface area contributed by atoms with E-state index in [9.17, 15) is 0 Å². The molecule has 0 saturated heterocycles. The summed E-state index contributed by atoms with van der Waals surface area (Å²) in [7, 11) is 1.93. The first kappa shape index (κ1) is 13.1. The Labute approximate surface area is 110 Å². The van der Waals surface area contributed by atoms with Gasteiger partial charge in [-0.25, -0.2) is 9.97 Å². The summed E-state index contributed by atoms with van der Waals surface area (Å²) in [6, 6.07) is 0.667. The van der Waals surface area contributed by atoms with Crippen molar-refractivity contribution in [2.45, 2.75) is 52.0 Å². The first-order valence-corrected chi connectivity index (χ1v) is 7.10. The average Bonchev–Trinajstić information content (AvgIpc) is 2.93. The Kier molecular flexibility index (Phi) is 4.39. The van der Waals surface area contributed by atoms with Crippen molar-refractivity contribution in [1.29, 1.82) is 0 Å². The summed E-state index contributed by atoms with van der Waals surface area (Å²) in [5.41, 5.74) is 1.24. The van der Waals surface area contributed by atoms with Gasteiger partial charge in [0.05, 0.1) is 0 Å². The monoisotopic (exact) mass is 248 g/mol. The van der Waals surface area contributed by atoms with Crippen LogP contribution in [-0.4, -0.2) is 29.6 Å². The molecular formula is C14H24N4. The Morgan fingerprint density at radius 1 is 1.28 bits per heavy atom. The van der Waals surface area contributed by atoms with E-state index in [1.165, 1.54) is 31.2 Å². The van der Waals surface area contributed by atoms with Crippen LogP contribution in [0.15, 0.2) is 6.33 Å². The fourth-order valence-electron chi connectivity index (χ4n) is 2.99. The molecule has 4 heteroatoms. The van der Waals surface area contributed by atoms with Gasteiger partial charge in [0.2, 0.25) is 0 Å². The first-order valence-electron chi connectivity index (χ1n) is 7.10. The molecule has 0 aromatic carbocycles. The number of aromatic nitrogens is 2. The number of hydrogen-bond donors (Lipinski definition) is 1. The zero-order valence-electron chi connectivity index (χ0n) is 11.7. The quantitative estimate of drug-likeness (QED) is 0.870. The molecule has 0 atom stereocenters. The summed E-state index contributed by atoms with van der Waals surface area (Å²) in [5, 5.41) is 3.18. The molecule has 0 spiro atoms. The molecule has 0 aliphatic heterocycles. The van der Waals surface area contributed by atoms with Gasteiger partial charge >= 0.3 is 0 Å². The maximum absolute atomic E-state index is 4.55. The van der Waals surface area contributed by atoms with Crippen LogP contribution >= 0.6 is 0 Å². The normalized spacial score (nSPS) is 15.9. The number of hydrogen-bond acceptors (Lipinski definition) is 4. The predicted molar refractivity (Wildman–Crippen MR) is 76.2 cm³/mol. The molecule has 1 saturated carbocycles. The van der Waals surface area contributed by atoms with Crippen LogP contribution in [0.2, 0.25) is 0 Å². The zero-order valence-corrected chi connectivity index (χ0v) is 11.7. The van der Waals surface area contributed by atoms with Gasteiger partial charge in [0, 0.05) is 25.2 Å². The van der Waals surface area contributed by atoms with Crippen LogP contribution in [0.5, 0.6) is 0 Å². The van der Waals surface area contributed by atoms with Crippen LogP contribution in [0.4, 0.5) is 11.6 Å². The third-order valence-corrected chi connectivity index (χ3v) is 3.89. The van der Waals surface area contributed by atoms with Crippen LogP contribution in [0.25, 0.3) is 0 Å². The second-order valence-electron chi connectivity index (χ2n) is 4.85. The molecule has 1 aromatic heterocycles. The van der Waals surface area contributed by atoms with E-state index in [-0.39, 0.29) is 0 Å². The molecule has 4 nitrogen and oxygen atoms in total. The van der Waals surface area contributed by atoms with Gasteiger partial charge in [-0.1, -0.05) is 19.8 Å². The SMILES string of the molecule is CCc1c(NC)ncnc1N(CC)C1CCCC1. The van der Waals surface area contributed by atoms with E-state index in [0.717, 1.165) is 24.6 Å². The second kappa shape index (κ2) is 6.03. The highest BCUT2D eigenvalue weighted by Gasteiger charge is 2.25. The fraction of sp³-hybridized carbons (Fsp3) is 0.714. The Morgan fingerprint density at radius 2 is 2.00 bits per heavy atom. The van der Waals surface area contributed by atoms with Gasteiger partial charge in [-0.05, 0) is 26.2 Å². The van der Waals surface area contributed by atoms with Crippen molar-refractivity contribution in [3.8, 4) is 0 Å². The second-order valence-corrected chi connectivity index (χ2v) is 4.85. The Morgan fingerprint density at radius 3 is 2.56 bits per heavy atom. The minimum absolute atomic E-state index is 0.667. The lowest BCUT2D eigenvalue weighted by molar-refractivity contribution is 0.609. The topological polar surface area (TPSA) is 41.1 Å². The minimum atomic E-state index is 0.667. The van der Waals surface area contributed by atoms with Gasteiger partial charge < -0.3 is 10.2 Å². The molecule has 1 aromatic rings. The van der Waals surface area contributed by atoms with Crippen LogP contribution in [0.1, 0.15) is 45.1 Å². The molecule has 0 radical (unpaired) electrons. The fourth-order valence-corrected chi connectivity index (χ4v) is 2.99. The van der Waals surface area contributed by atoms with Crippen molar-refractivity contribution < 1.29 is 0 Å². The van der Waals surface area contributed by atoms with Crippen LogP contribution < -0.4 is 10.2 Å². The maximum atomic E-state index is 4.55. The predicted octanol–water partition coefficient (Wildman–Crippen LogP) is 2.85. The van der Waals surface area contributed by atoms with E-state index >= 15 is 0 Å². The molecule has 1 heterocycles. The van der Waals surface area contributed by atoms with Crippen molar-refractivity contribution in [3.05, 3.63) is 11.9 Å². The number of nitrogens with zero attached hydrogens (tertiary/aromatic N) is 3. The van der Waals surface area contributed by atoms with Crippen molar-refractivity contribution in [2.75, 3.05) is 23.8 Å². The lowest BCUT2D eigenvalue weighted by Gasteiger charge is -2.30. The summed E-state index contributed by atoms with van der Waals surface area (Å²) < 4.78 is 0. The van der Waals surface area contributed by atoms with Gasteiger partial charge in [0.25, 0.3) is 0 Å². The van der Waals surface area contributed by atoms with Crippen molar-refractivity contribution in [3.63, 3.8) is 0 Å². The van der Waals surface area contributed by atoms with Gasteiger partial charge in [0.15, 0.2) is 0 Å². The summed E-state index contributed by atoms with van der Waals surface area (Å²) in [6.07, 6.45) is 7.96. The smallest absolute Gasteiger partial charge is 0.137 e. The van der Waals surface area contributed by atoms with Gasteiger partial charge in [0.1, 0.15) is 18.0 Å². The lowest BCUT2D eigenvalue weighted by Crippen LogP contribution is -2.34. The molecule has 0 amide bonds. The van der Waals surface area contributed by atoms with Gasteiger partial charge in [-0.3, -0.25) is 0 Å². The molecular weight excluding hydrogens is 224 g/mol. The number of anilines is 2. The van der Waals surface area contributed by atoms with E-state index in [1.807, 2.05) is 7.05 Å². The average molecular weight is 248 g/mol. The van der Waals surface area contributed by atoms with Crippen LogP contribution in [0, 0.1) is 0 Å². The lowest BCUT2D eigenvalue weighted by atomic mass is 10.1. The van der Waals surface area contributed by atoms with Crippen molar-refractivity contribution in [2.24, 2.45) is 0 Å². The van der Waals surface area contributed by atoms with E-state index in [4.69, 9.17) is 0 Å². The summed E-state index contributed by atoms with van der Waals surface area (Å²) in [4.78, 5) is 11.3. The minimum Gasteiger partial charge on any atom is -0.373 e. The van der Waals surface area contributed by atoms with Crippen LogP contribution in [-0.2, 0) is 6.42 Å². The van der Waals surface area contributed by atoms with Crippen molar-refractivity contribution >= 4 is 11.6 Å². The largest absolute Gasteiger partial charge is 0.373 e. The Balaban J connectivity index is 2.34. The number of nitrogens with one attached hydrogen (secondary N) is 1. The standard InChI is InChI=1S/C14H24N4/c1-4-12-13(15-3)16-10-17-14(12)18(5-2)11-8-6-7-9-11/h10-11H,4-9H2,1-3H3,(H,15,16,17). The van der Waals surface area contributed by atoms with E-state index in [0.29, 0.717) is 6.04 Å². The van der Waals surface area contributed by atoms with Gasteiger partial charge in [-0.15, -0.1) is 0 Å². The molecule has 0 unspecified atom stereocenters. The Bertz CT molecular complexity index is 385. The molecule has 1 aliphatic rings. The molecule has 1 N–H and O–H groups in total. The summed E-state index contributed by atoms with van der Waals surface area (Å²) in [6.45, 7) is 5.42. The molecule has 0 bridgehead atoms. The summed E-state index contributed by atoms with van der Waals surface area (Å²) >= 11 is 0. The van der Waals surface area contributed by atoms with Crippen LogP contribution in [0.3, 0.4) is 0 Å². The van der Waals surface area contributed by atoms with E-state index in [2.05, 4.69) is 34.0 Å². The highest BCUT2D eigenvalue weighted by Crippen LogP contribution is 2.31. The van der Waals surface area contributed by atoms with E-state index in [1.54, 1.807) is 6.33 Å². The van der Waals surface area contributed by atoms with Gasteiger partial charge in [-0.2, -0.15) is 0 Å². The molecule has 2 rings (SSSR count). The first-order chi connectivity index (χ1) is 8.81. The summed E-state index contributed by atoms with van der Waals surface area (Å²) in [5.74, 6) is 2.10. The van der Waals surface area contributed by atoms with Crippen molar-refractivity contribution in [1.82, 2.24) is 9.97 Å². The molecule has 1 aliphatic carbocycles. The maximum Gasteiger partial charge on any atom is 0.137 e. The third kappa shape index (κ3) is 2.42.